The van der Waals surface area contributed by atoms with Gasteiger partial charge >= 0.3 is 0 Å². The third-order valence-corrected chi connectivity index (χ3v) is 2.35. The van der Waals surface area contributed by atoms with Crippen molar-refractivity contribution in [1.82, 2.24) is 10.6 Å². The minimum absolute atomic E-state index is 0. The first kappa shape index (κ1) is 18.0. The molecule has 0 aliphatic heterocycles. The number of aliphatic imine (C=N–C) groups is 1. The molecule has 0 bridgehead atoms. The second-order valence-corrected chi connectivity index (χ2v) is 4.34. The molecule has 0 spiro atoms. The summed E-state index contributed by atoms with van der Waals surface area (Å²) in [6.45, 7) is 7.78. The van der Waals surface area contributed by atoms with Crippen molar-refractivity contribution in [3.63, 3.8) is 0 Å². The van der Waals surface area contributed by atoms with Crippen molar-refractivity contribution in [3.8, 4) is 5.75 Å². The van der Waals surface area contributed by atoms with E-state index < -0.39 is 0 Å². The molecule has 0 saturated heterocycles. The zero-order valence-electron chi connectivity index (χ0n) is 12.1. The third kappa shape index (κ3) is 7.25. The first-order valence-electron chi connectivity index (χ1n) is 6.33. The first-order chi connectivity index (χ1) is 8.65. The van der Waals surface area contributed by atoms with Crippen LogP contribution in [-0.4, -0.2) is 25.7 Å². The van der Waals surface area contributed by atoms with Crippen molar-refractivity contribution in [3.05, 3.63) is 29.8 Å². The summed E-state index contributed by atoms with van der Waals surface area (Å²) in [5.74, 6) is 1.72. The topological polar surface area (TPSA) is 45.7 Å². The number of benzene rings is 1. The molecule has 2 N–H and O–H groups in total. The van der Waals surface area contributed by atoms with Crippen molar-refractivity contribution in [2.75, 3.05) is 13.7 Å². The Morgan fingerprint density at radius 2 is 1.89 bits per heavy atom. The molecule has 0 aliphatic carbocycles. The molecule has 0 atom stereocenters. The number of nitrogens with zero attached hydrogens (tertiary/aromatic N) is 1. The highest BCUT2D eigenvalue weighted by molar-refractivity contribution is 14.0. The van der Waals surface area contributed by atoms with Gasteiger partial charge in [-0.15, -0.1) is 24.0 Å². The second kappa shape index (κ2) is 9.89. The number of hydrogen-bond donors (Lipinski definition) is 2. The van der Waals surface area contributed by atoms with Crippen molar-refractivity contribution < 1.29 is 4.74 Å². The molecule has 5 heteroatoms. The van der Waals surface area contributed by atoms with Crippen molar-refractivity contribution in [2.45, 2.75) is 33.4 Å². The zero-order valence-corrected chi connectivity index (χ0v) is 14.4. The Morgan fingerprint density at radius 3 is 2.37 bits per heavy atom. The van der Waals surface area contributed by atoms with E-state index in [1.807, 2.05) is 24.3 Å². The Labute approximate surface area is 133 Å². The van der Waals surface area contributed by atoms with E-state index in [0.717, 1.165) is 23.8 Å². The van der Waals surface area contributed by atoms with E-state index in [-0.39, 0.29) is 24.0 Å². The van der Waals surface area contributed by atoms with Crippen molar-refractivity contribution >= 4 is 29.9 Å². The summed E-state index contributed by atoms with van der Waals surface area (Å²) in [5.41, 5.74) is 1.16. The van der Waals surface area contributed by atoms with Crippen LogP contribution in [-0.2, 0) is 6.54 Å². The molecule has 0 saturated carbocycles. The van der Waals surface area contributed by atoms with Crippen LogP contribution in [0.3, 0.4) is 0 Å². The Kier molecular flexibility index (Phi) is 9.38. The summed E-state index contributed by atoms with van der Waals surface area (Å²) >= 11 is 0. The fourth-order valence-electron chi connectivity index (χ4n) is 1.49. The van der Waals surface area contributed by atoms with E-state index in [2.05, 4.69) is 36.4 Å². The number of guanidine groups is 1. The molecule has 1 aromatic carbocycles. The number of hydrogen-bond acceptors (Lipinski definition) is 2. The molecule has 1 rings (SSSR count). The van der Waals surface area contributed by atoms with Crippen LogP contribution in [0.4, 0.5) is 0 Å². The number of rotatable bonds is 5. The van der Waals surface area contributed by atoms with Gasteiger partial charge in [-0.05, 0) is 38.5 Å². The monoisotopic (exact) mass is 377 g/mol. The van der Waals surface area contributed by atoms with Gasteiger partial charge in [-0.25, -0.2) is 4.99 Å². The van der Waals surface area contributed by atoms with E-state index in [0.29, 0.717) is 12.6 Å². The van der Waals surface area contributed by atoms with Gasteiger partial charge in [0.05, 0.1) is 13.7 Å². The Morgan fingerprint density at radius 1 is 1.26 bits per heavy atom. The molecule has 0 aromatic heterocycles. The van der Waals surface area contributed by atoms with E-state index in [1.54, 1.807) is 7.11 Å². The summed E-state index contributed by atoms with van der Waals surface area (Å²) in [4.78, 5) is 4.53. The molecule has 0 amide bonds. The van der Waals surface area contributed by atoms with Gasteiger partial charge in [0.15, 0.2) is 5.96 Å². The fraction of sp³-hybridized carbons (Fsp3) is 0.500. The van der Waals surface area contributed by atoms with E-state index >= 15 is 0 Å². The maximum atomic E-state index is 5.13. The summed E-state index contributed by atoms with van der Waals surface area (Å²) in [7, 11) is 1.67. The number of nitrogens with one attached hydrogen (secondary N) is 2. The van der Waals surface area contributed by atoms with Crippen LogP contribution >= 0.6 is 24.0 Å². The van der Waals surface area contributed by atoms with Gasteiger partial charge in [0.25, 0.3) is 0 Å². The maximum Gasteiger partial charge on any atom is 0.191 e. The maximum absolute atomic E-state index is 5.13. The predicted molar refractivity (Wildman–Crippen MR) is 91.5 cm³/mol. The van der Waals surface area contributed by atoms with Crippen molar-refractivity contribution in [2.24, 2.45) is 4.99 Å². The fourth-order valence-corrected chi connectivity index (χ4v) is 1.49. The number of ether oxygens (including phenoxy) is 1. The predicted octanol–water partition coefficient (Wildman–Crippen LogP) is 2.78. The minimum Gasteiger partial charge on any atom is -0.497 e. The van der Waals surface area contributed by atoms with Crippen LogP contribution in [0.5, 0.6) is 5.75 Å². The lowest BCUT2D eigenvalue weighted by Gasteiger charge is -2.13. The smallest absolute Gasteiger partial charge is 0.191 e. The summed E-state index contributed by atoms with van der Waals surface area (Å²) in [6, 6.07) is 8.34. The van der Waals surface area contributed by atoms with Gasteiger partial charge in [-0.3, -0.25) is 0 Å². The molecule has 0 heterocycles. The van der Waals surface area contributed by atoms with Crippen LogP contribution in [0.15, 0.2) is 29.3 Å². The lowest BCUT2D eigenvalue weighted by atomic mass is 10.2. The highest BCUT2D eigenvalue weighted by Gasteiger charge is 1.99. The average molecular weight is 377 g/mol. The molecule has 0 unspecified atom stereocenters. The average Bonchev–Trinajstić information content (AvgIpc) is 2.36. The second-order valence-electron chi connectivity index (χ2n) is 4.34. The Hall–Kier alpha value is -0.980. The van der Waals surface area contributed by atoms with Gasteiger partial charge in [0.1, 0.15) is 5.75 Å². The summed E-state index contributed by atoms with van der Waals surface area (Å²) in [6.07, 6.45) is 0. The molecule has 0 aliphatic rings. The third-order valence-electron chi connectivity index (χ3n) is 2.35. The van der Waals surface area contributed by atoms with Crippen molar-refractivity contribution in [1.29, 1.82) is 0 Å². The zero-order chi connectivity index (χ0) is 13.4. The molecule has 0 radical (unpaired) electrons. The van der Waals surface area contributed by atoms with Crippen LogP contribution in [0, 0.1) is 0 Å². The van der Waals surface area contributed by atoms with Crippen LogP contribution in [0.2, 0.25) is 0 Å². The molecule has 1 aromatic rings. The van der Waals surface area contributed by atoms with Crippen LogP contribution in [0.1, 0.15) is 26.3 Å². The Balaban J connectivity index is 0.00000324. The largest absolute Gasteiger partial charge is 0.497 e. The van der Waals surface area contributed by atoms with Gasteiger partial charge in [0, 0.05) is 12.6 Å². The van der Waals surface area contributed by atoms with Crippen LogP contribution < -0.4 is 15.4 Å². The molecular weight excluding hydrogens is 353 g/mol. The number of halogens is 1. The molecule has 19 heavy (non-hydrogen) atoms. The van der Waals surface area contributed by atoms with Crippen LogP contribution in [0.25, 0.3) is 0 Å². The molecule has 108 valence electrons. The quantitative estimate of drug-likeness (QED) is 0.471. The lowest BCUT2D eigenvalue weighted by molar-refractivity contribution is 0.414. The van der Waals surface area contributed by atoms with Gasteiger partial charge in [0.2, 0.25) is 0 Å². The summed E-state index contributed by atoms with van der Waals surface area (Å²) in [5, 5.41) is 6.51. The van der Waals surface area contributed by atoms with Gasteiger partial charge in [-0.2, -0.15) is 0 Å². The number of methoxy groups -OCH3 is 1. The lowest BCUT2D eigenvalue weighted by Crippen LogP contribution is -2.40. The normalized spacial score (nSPS) is 10.9. The summed E-state index contributed by atoms with van der Waals surface area (Å²) < 4.78 is 5.13. The minimum atomic E-state index is 0. The van der Waals surface area contributed by atoms with E-state index in [1.165, 1.54) is 0 Å². The molecule has 0 fully saturated rings. The highest BCUT2D eigenvalue weighted by Crippen LogP contribution is 2.11. The molecular formula is C14H24IN3O. The standard InChI is InChI=1S/C14H23N3O.HI/c1-5-15-14(17-11(2)3)16-10-12-6-8-13(18-4)9-7-12;/h6-9,11H,5,10H2,1-4H3,(H2,15,16,17);1H. The van der Waals surface area contributed by atoms with E-state index in [4.69, 9.17) is 4.74 Å². The van der Waals surface area contributed by atoms with E-state index in [9.17, 15) is 0 Å². The SMILES string of the molecule is CCNC(=NCc1ccc(OC)cc1)NC(C)C.I. The molecule has 4 nitrogen and oxygen atoms in total. The van der Waals surface area contributed by atoms with Gasteiger partial charge < -0.3 is 15.4 Å². The Bertz CT molecular complexity index is 377. The van der Waals surface area contributed by atoms with Gasteiger partial charge in [-0.1, -0.05) is 12.1 Å². The first-order valence-corrected chi connectivity index (χ1v) is 6.33. The highest BCUT2D eigenvalue weighted by atomic mass is 127.